The third-order valence-electron chi connectivity index (χ3n) is 4.63. The van der Waals surface area contributed by atoms with E-state index in [9.17, 15) is 26.7 Å². The van der Waals surface area contributed by atoms with Crippen LogP contribution in [0.1, 0.15) is 21.5 Å². The predicted molar refractivity (Wildman–Crippen MR) is 109 cm³/mol. The van der Waals surface area contributed by atoms with Crippen molar-refractivity contribution < 1.29 is 31.5 Å². The summed E-state index contributed by atoms with van der Waals surface area (Å²) in [5, 5.41) is 7.69. The van der Waals surface area contributed by atoms with E-state index in [-0.39, 0.29) is 40.9 Å². The highest BCUT2D eigenvalue weighted by Crippen LogP contribution is 2.37. The van der Waals surface area contributed by atoms with Gasteiger partial charge in [0.15, 0.2) is 5.75 Å². The fourth-order valence-electron chi connectivity index (χ4n) is 3.21. The maximum atomic E-state index is 13.6. The number of fused-ring (bicyclic) bond motifs is 1. The summed E-state index contributed by atoms with van der Waals surface area (Å²) in [6.45, 7) is -2.92. The highest BCUT2D eigenvalue weighted by molar-refractivity contribution is 6.04. The first-order chi connectivity index (χ1) is 15.6. The monoisotopic (exact) mass is 466 g/mol. The molecule has 172 valence electrons. The van der Waals surface area contributed by atoms with Crippen LogP contribution < -0.4 is 26.4 Å². The number of nitrogens with zero attached hydrogens (tertiary/aromatic N) is 2. The highest BCUT2D eigenvalue weighted by Gasteiger charge is 2.36. The number of rotatable bonds is 6. The number of benzene rings is 2. The van der Waals surface area contributed by atoms with Crippen molar-refractivity contribution in [3.63, 3.8) is 0 Å². The largest absolute Gasteiger partial charge is 0.433 e. The average molecular weight is 466 g/mol. The van der Waals surface area contributed by atoms with Crippen molar-refractivity contribution in [1.29, 1.82) is 0 Å². The van der Waals surface area contributed by atoms with Gasteiger partial charge in [-0.25, -0.2) is 4.98 Å². The Hall–Kier alpha value is -4.16. The topological polar surface area (TPSA) is 114 Å². The Balaban J connectivity index is 1.72. The van der Waals surface area contributed by atoms with E-state index in [1.54, 1.807) is 12.1 Å². The standard InChI is InChI=1S/C20H15F5N6O2/c21-18(22)33-14-6-10(26)4-5-12(14)30-19-28-8-11(20(23,24)25)16(31-19)29-13-3-1-2-9-7-27-17(32)15(9)13/h1-6,8,18H,7,26H2,(H,27,32)(H2,28,29,30,31). The second kappa shape index (κ2) is 8.41. The molecule has 2 aromatic carbocycles. The molecule has 0 atom stereocenters. The van der Waals surface area contributed by atoms with Gasteiger partial charge in [-0.3, -0.25) is 4.79 Å². The van der Waals surface area contributed by atoms with Crippen molar-refractivity contribution in [2.75, 3.05) is 16.4 Å². The number of aromatic nitrogens is 2. The van der Waals surface area contributed by atoms with Gasteiger partial charge >= 0.3 is 12.8 Å². The van der Waals surface area contributed by atoms with E-state index in [1.165, 1.54) is 18.2 Å². The van der Waals surface area contributed by atoms with Crippen LogP contribution in [-0.4, -0.2) is 22.5 Å². The van der Waals surface area contributed by atoms with Gasteiger partial charge in [0.1, 0.15) is 11.4 Å². The number of alkyl halides is 5. The summed E-state index contributed by atoms with van der Waals surface area (Å²) < 4.78 is 70.5. The van der Waals surface area contributed by atoms with Gasteiger partial charge < -0.3 is 26.4 Å². The van der Waals surface area contributed by atoms with Crippen LogP contribution in [-0.2, 0) is 12.7 Å². The van der Waals surface area contributed by atoms with Crippen LogP contribution in [0.4, 0.5) is 50.8 Å². The lowest BCUT2D eigenvalue weighted by Crippen LogP contribution is -2.15. The molecule has 3 aromatic rings. The lowest BCUT2D eigenvalue weighted by atomic mass is 10.1. The molecular weight excluding hydrogens is 451 g/mol. The molecule has 13 heteroatoms. The molecule has 4 rings (SSSR count). The average Bonchev–Trinajstić information content (AvgIpc) is 3.11. The Morgan fingerprint density at radius 2 is 1.91 bits per heavy atom. The highest BCUT2D eigenvalue weighted by atomic mass is 19.4. The minimum absolute atomic E-state index is 0.0461. The summed E-state index contributed by atoms with van der Waals surface area (Å²) in [6, 6.07) is 8.46. The smallest absolute Gasteiger partial charge is 0.421 e. The number of carbonyl (C=O) groups excluding carboxylic acids is 1. The van der Waals surface area contributed by atoms with Crippen LogP contribution in [0.15, 0.2) is 42.6 Å². The minimum atomic E-state index is -4.81. The predicted octanol–water partition coefficient (Wildman–Crippen LogP) is 4.41. The van der Waals surface area contributed by atoms with Crippen molar-refractivity contribution in [2.24, 2.45) is 0 Å². The second-order valence-corrected chi connectivity index (χ2v) is 6.86. The molecule has 0 aliphatic carbocycles. The summed E-state index contributed by atoms with van der Waals surface area (Å²) >= 11 is 0. The van der Waals surface area contributed by atoms with Crippen molar-refractivity contribution in [2.45, 2.75) is 19.3 Å². The molecule has 0 saturated carbocycles. The zero-order valence-electron chi connectivity index (χ0n) is 16.5. The van der Waals surface area contributed by atoms with Gasteiger partial charge in [0.25, 0.3) is 5.91 Å². The van der Waals surface area contributed by atoms with E-state index in [0.29, 0.717) is 11.8 Å². The molecule has 0 radical (unpaired) electrons. The molecular formula is C20H15F5N6O2. The first-order valence-corrected chi connectivity index (χ1v) is 9.34. The molecule has 1 aliphatic heterocycles. The zero-order valence-corrected chi connectivity index (χ0v) is 16.5. The minimum Gasteiger partial charge on any atom is -0.433 e. The van der Waals surface area contributed by atoms with Crippen molar-refractivity contribution in [3.8, 4) is 5.75 Å². The van der Waals surface area contributed by atoms with Crippen molar-refractivity contribution >= 4 is 34.7 Å². The number of nitrogens with two attached hydrogens (primary N) is 1. The van der Waals surface area contributed by atoms with Crippen molar-refractivity contribution in [1.82, 2.24) is 15.3 Å². The van der Waals surface area contributed by atoms with Gasteiger partial charge in [-0.1, -0.05) is 12.1 Å². The summed E-state index contributed by atoms with van der Waals surface area (Å²) in [6.07, 6.45) is -4.28. The normalized spacial score (nSPS) is 13.0. The van der Waals surface area contributed by atoms with Crippen LogP contribution in [0.2, 0.25) is 0 Å². The number of nitrogen functional groups attached to an aromatic ring is 1. The van der Waals surface area contributed by atoms with Gasteiger partial charge in [-0.05, 0) is 23.8 Å². The van der Waals surface area contributed by atoms with E-state index in [0.717, 1.165) is 6.07 Å². The molecule has 5 N–H and O–H groups in total. The molecule has 1 amide bonds. The quantitative estimate of drug-likeness (QED) is 0.314. The Labute approximate surface area is 183 Å². The van der Waals surface area contributed by atoms with Crippen LogP contribution in [0.5, 0.6) is 5.75 Å². The fourth-order valence-corrected chi connectivity index (χ4v) is 3.21. The van der Waals surface area contributed by atoms with Gasteiger partial charge in [0, 0.05) is 24.5 Å². The Bertz CT molecular complexity index is 1220. The van der Waals surface area contributed by atoms with Crippen molar-refractivity contribution in [3.05, 3.63) is 59.3 Å². The van der Waals surface area contributed by atoms with Crippen LogP contribution in [0.25, 0.3) is 0 Å². The summed E-state index contributed by atoms with van der Waals surface area (Å²) in [4.78, 5) is 19.6. The van der Waals surface area contributed by atoms with Crippen LogP contribution in [0.3, 0.4) is 0 Å². The third-order valence-corrected chi connectivity index (χ3v) is 4.63. The molecule has 0 bridgehead atoms. The number of anilines is 5. The lowest BCUT2D eigenvalue weighted by molar-refractivity contribution is -0.137. The summed E-state index contributed by atoms with van der Waals surface area (Å²) in [7, 11) is 0. The third kappa shape index (κ3) is 4.71. The van der Waals surface area contributed by atoms with Crippen LogP contribution >= 0.6 is 0 Å². The van der Waals surface area contributed by atoms with E-state index in [1.807, 2.05) is 0 Å². The number of ether oxygens (including phenoxy) is 1. The van der Waals surface area contributed by atoms with E-state index < -0.39 is 30.1 Å². The van der Waals surface area contributed by atoms with Crippen LogP contribution in [0, 0.1) is 0 Å². The first kappa shape index (κ1) is 22.0. The van der Waals surface area contributed by atoms with E-state index in [2.05, 4.69) is 30.7 Å². The lowest BCUT2D eigenvalue weighted by Gasteiger charge is -2.17. The fraction of sp³-hybridized carbons (Fsp3) is 0.150. The first-order valence-electron chi connectivity index (χ1n) is 9.34. The SMILES string of the molecule is Nc1ccc(Nc2ncc(C(F)(F)F)c(Nc3cccc4c3C(=O)NC4)n2)c(OC(F)F)c1. The Kier molecular flexibility index (Phi) is 5.62. The maximum Gasteiger partial charge on any atom is 0.421 e. The summed E-state index contributed by atoms with van der Waals surface area (Å²) in [5.74, 6) is -1.77. The molecule has 1 aromatic heterocycles. The molecule has 1 aliphatic rings. The molecule has 8 nitrogen and oxygen atoms in total. The number of carbonyl (C=O) groups is 1. The molecule has 0 saturated heterocycles. The number of hydrogen-bond donors (Lipinski definition) is 4. The number of amides is 1. The molecule has 2 heterocycles. The van der Waals surface area contributed by atoms with E-state index >= 15 is 0 Å². The Morgan fingerprint density at radius 3 is 2.64 bits per heavy atom. The zero-order chi connectivity index (χ0) is 23.8. The Morgan fingerprint density at radius 1 is 1.12 bits per heavy atom. The molecule has 0 fully saturated rings. The number of nitrogens with one attached hydrogen (secondary N) is 3. The number of halogens is 5. The van der Waals surface area contributed by atoms with Gasteiger partial charge in [0.2, 0.25) is 5.95 Å². The summed E-state index contributed by atoms with van der Waals surface area (Å²) in [5.41, 5.74) is 5.40. The maximum absolute atomic E-state index is 13.6. The molecule has 0 spiro atoms. The molecule has 33 heavy (non-hydrogen) atoms. The van der Waals surface area contributed by atoms with Gasteiger partial charge in [-0.2, -0.15) is 26.9 Å². The number of hydrogen-bond acceptors (Lipinski definition) is 7. The van der Waals surface area contributed by atoms with Gasteiger partial charge in [-0.15, -0.1) is 0 Å². The van der Waals surface area contributed by atoms with Gasteiger partial charge in [0.05, 0.1) is 16.9 Å². The second-order valence-electron chi connectivity index (χ2n) is 6.86. The molecule has 0 unspecified atom stereocenters. The van der Waals surface area contributed by atoms with E-state index in [4.69, 9.17) is 5.73 Å².